The minimum absolute atomic E-state index is 0.141. The summed E-state index contributed by atoms with van der Waals surface area (Å²) < 4.78 is 32.4. The van der Waals surface area contributed by atoms with Gasteiger partial charge in [-0.15, -0.1) is 0 Å². The van der Waals surface area contributed by atoms with E-state index in [0.717, 1.165) is 18.7 Å². The van der Waals surface area contributed by atoms with Crippen LogP contribution in [0.3, 0.4) is 0 Å². The summed E-state index contributed by atoms with van der Waals surface area (Å²) in [5.74, 6) is 0.313. The van der Waals surface area contributed by atoms with Crippen molar-refractivity contribution in [3.8, 4) is 5.75 Å². The van der Waals surface area contributed by atoms with Gasteiger partial charge in [0, 0.05) is 19.6 Å². The fraction of sp³-hybridized carbons (Fsp3) is 0.571. The molecule has 1 aromatic rings. The summed E-state index contributed by atoms with van der Waals surface area (Å²) in [6.45, 7) is 7.27. The van der Waals surface area contributed by atoms with E-state index in [4.69, 9.17) is 10.5 Å². The molecule has 1 rings (SSSR count). The lowest BCUT2D eigenvalue weighted by Gasteiger charge is -2.18. The number of methoxy groups -OCH3 is 1. The Morgan fingerprint density at radius 1 is 1.29 bits per heavy atom. The molecule has 7 heteroatoms. The van der Waals surface area contributed by atoms with Crippen molar-refractivity contribution < 1.29 is 13.2 Å². The first-order chi connectivity index (χ1) is 9.98. The summed E-state index contributed by atoms with van der Waals surface area (Å²) in [5.41, 5.74) is 6.38. The van der Waals surface area contributed by atoms with Gasteiger partial charge >= 0.3 is 0 Å². The lowest BCUT2D eigenvalue weighted by Crippen LogP contribution is -2.34. The predicted molar refractivity (Wildman–Crippen MR) is 83.9 cm³/mol. The van der Waals surface area contributed by atoms with E-state index in [-0.39, 0.29) is 4.90 Å². The number of nitrogens with one attached hydrogen (secondary N) is 1. The molecule has 0 saturated carbocycles. The van der Waals surface area contributed by atoms with Crippen LogP contribution in [0.4, 0.5) is 0 Å². The fourth-order valence-electron chi connectivity index (χ4n) is 2.02. The zero-order valence-electron chi connectivity index (χ0n) is 12.9. The highest BCUT2D eigenvalue weighted by atomic mass is 32.2. The molecular formula is C14H25N3O3S. The van der Waals surface area contributed by atoms with Crippen LogP contribution in [0, 0.1) is 0 Å². The standard InChI is InChI=1S/C14H25N3O3S/c1-4-17(5-2)9-8-16-21(18,19)14-7-6-12(11-15)10-13(14)20-3/h6-7,10,16H,4-5,8-9,11,15H2,1-3H3. The molecule has 0 fully saturated rings. The van der Waals surface area contributed by atoms with Crippen LogP contribution in [0.1, 0.15) is 19.4 Å². The third kappa shape index (κ3) is 4.96. The minimum Gasteiger partial charge on any atom is -0.495 e. The number of nitrogens with two attached hydrogens (primary N) is 1. The molecule has 120 valence electrons. The van der Waals surface area contributed by atoms with Gasteiger partial charge in [0.2, 0.25) is 10.0 Å². The van der Waals surface area contributed by atoms with Crippen molar-refractivity contribution in [1.29, 1.82) is 0 Å². The molecule has 6 nitrogen and oxygen atoms in total. The van der Waals surface area contributed by atoms with Crippen LogP contribution in [0.5, 0.6) is 5.75 Å². The summed E-state index contributed by atoms with van der Waals surface area (Å²) in [7, 11) is -2.13. The largest absolute Gasteiger partial charge is 0.495 e. The third-order valence-corrected chi connectivity index (χ3v) is 4.87. The first-order valence-corrected chi connectivity index (χ1v) is 8.55. The van der Waals surface area contributed by atoms with Crippen LogP contribution in [-0.2, 0) is 16.6 Å². The Hall–Kier alpha value is -1.15. The van der Waals surface area contributed by atoms with Crippen LogP contribution in [0.2, 0.25) is 0 Å². The molecule has 0 saturated heterocycles. The maximum atomic E-state index is 12.3. The summed E-state index contributed by atoms with van der Waals surface area (Å²) in [6, 6.07) is 4.88. The van der Waals surface area contributed by atoms with Gasteiger partial charge in [0.15, 0.2) is 0 Å². The van der Waals surface area contributed by atoms with Crippen molar-refractivity contribution in [3.05, 3.63) is 23.8 Å². The van der Waals surface area contributed by atoms with E-state index in [9.17, 15) is 8.42 Å². The van der Waals surface area contributed by atoms with Gasteiger partial charge in [-0.2, -0.15) is 0 Å². The Morgan fingerprint density at radius 2 is 1.95 bits per heavy atom. The number of sulfonamides is 1. The first-order valence-electron chi connectivity index (χ1n) is 7.07. The van der Waals surface area contributed by atoms with Crippen molar-refractivity contribution in [2.75, 3.05) is 33.3 Å². The van der Waals surface area contributed by atoms with Gasteiger partial charge in [-0.3, -0.25) is 0 Å². The summed E-state index contributed by atoms with van der Waals surface area (Å²) in [5, 5.41) is 0. The molecule has 0 spiro atoms. The molecule has 0 amide bonds. The highest BCUT2D eigenvalue weighted by Crippen LogP contribution is 2.24. The molecule has 0 atom stereocenters. The molecule has 0 aliphatic rings. The number of hydrogen-bond donors (Lipinski definition) is 2. The first kappa shape index (κ1) is 17.9. The normalized spacial score (nSPS) is 11.9. The SMILES string of the molecule is CCN(CC)CCNS(=O)(=O)c1ccc(CN)cc1OC. The highest BCUT2D eigenvalue weighted by Gasteiger charge is 2.19. The maximum absolute atomic E-state index is 12.3. The molecule has 0 aromatic heterocycles. The topological polar surface area (TPSA) is 84.7 Å². The third-order valence-electron chi connectivity index (χ3n) is 3.37. The Balaban J connectivity index is 2.83. The van der Waals surface area contributed by atoms with Crippen LogP contribution in [0.25, 0.3) is 0 Å². The second-order valence-electron chi connectivity index (χ2n) is 4.61. The van der Waals surface area contributed by atoms with E-state index in [1.54, 1.807) is 12.1 Å². The van der Waals surface area contributed by atoms with Crippen molar-refractivity contribution in [1.82, 2.24) is 9.62 Å². The number of rotatable bonds is 9. The molecular weight excluding hydrogens is 290 g/mol. The van der Waals surface area contributed by atoms with E-state index in [1.807, 2.05) is 13.8 Å². The zero-order chi connectivity index (χ0) is 15.9. The van der Waals surface area contributed by atoms with Crippen LogP contribution < -0.4 is 15.2 Å². The molecule has 0 heterocycles. The number of ether oxygens (including phenoxy) is 1. The number of benzene rings is 1. The Kier molecular flexibility index (Phi) is 7.10. The second kappa shape index (κ2) is 8.33. The van der Waals surface area contributed by atoms with Gasteiger partial charge in [-0.25, -0.2) is 13.1 Å². The van der Waals surface area contributed by atoms with E-state index in [2.05, 4.69) is 9.62 Å². The van der Waals surface area contributed by atoms with Crippen molar-refractivity contribution in [2.45, 2.75) is 25.3 Å². The number of hydrogen-bond acceptors (Lipinski definition) is 5. The van der Waals surface area contributed by atoms with E-state index >= 15 is 0 Å². The van der Waals surface area contributed by atoms with Gasteiger partial charge in [-0.1, -0.05) is 19.9 Å². The Bertz CT molecular complexity index is 542. The zero-order valence-corrected chi connectivity index (χ0v) is 13.7. The van der Waals surface area contributed by atoms with Crippen LogP contribution >= 0.6 is 0 Å². The lowest BCUT2D eigenvalue weighted by atomic mass is 10.2. The average molecular weight is 315 g/mol. The van der Waals surface area contributed by atoms with Gasteiger partial charge in [0.05, 0.1) is 7.11 Å². The molecule has 0 radical (unpaired) electrons. The monoisotopic (exact) mass is 315 g/mol. The second-order valence-corrected chi connectivity index (χ2v) is 6.35. The molecule has 3 N–H and O–H groups in total. The predicted octanol–water partition coefficient (Wildman–Crippen LogP) is 0.774. The minimum atomic E-state index is -3.58. The average Bonchev–Trinajstić information content (AvgIpc) is 2.50. The molecule has 1 aromatic carbocycles. The summed E-state index contributed by atoms with van der Waals surface area (Å²) in [6.07, 6.45) is 0. The fourth-order valence-corrected chi connectivity index (χ4v) is 3.19. The molecule has 0 aliphatic carbocycles. The molecule has 21 heavy (non-hydrogen) atoms. The molecule has 0 aliphatic heterocycles. The van der Waals surface area contributed by atoms with E-state index in [1.165, 1.54) is 13.2 Å². The van der Waals surface area contributed by atoms with Crippen molar-refractivity contribution in [2.24, 2.45) is 5.73 Å². The quantitative estimate of drug-likeness (QED) is 0.703. The van der Waals surface area contributed by atoms with Gasteiger partial charge in [0.1, 0.15) is 10.6 Å². The summed E-state index contributed by atoms with van der Waals surface area (Å²) in [4.78, 5) is 2.29. The van der Waals surface area contributed by atoms with Gasteiger partial charge < -0.3 is 15.4 Å². The van der Waals surface area contributed by atoms with E-state index in [0.29, 0.717) is 25.4 Å². The molecule has 0 unspecified atom stereocenters. The number of nitrogens with zero attached hydrogens (tertiary/aromatic N) is 1. The maximum Gasteiger partial charge on any atom is 0.244 e. The Morgan fingerprint density at radius 3 is 2.48 bits per heavy atom. The smallest absolute Gasteiger partial charge is 0.244 e. The lowest BCUT2D eigenvalue weighted by molar-refractivity contribution is 0.309. The van der Waals surface area contributed by atoms with Crippen molar-refractivity contribution in [3.63, 3.8) is 0 Å². The Labute approximate surface area is 127 Å². The van der Waals surface area contributed by atoms with Crippen molar-refractivity contribution >= 4 is 10.0 Å². The van der Waals surface area contributed by atoms with Gasteiger partial charge in [-0.05, 0) is 30.8 Å². The van der Waals surface area contributed by atoms with Crippen LogP contribution in [0.15, 0.2) is 23.1 Å². The summed E-state index contributed by atoms with van der Waals surface area (Å²) >= 11 is 0. The van der Waals surface area contributed by atoms with Gasteiger partial charge in [0.25, 0.3) is 0 Å². The van der Waals surface area contributed by atoms with E-state index < -0.39 is 10.0 Å². The number of likely N-dealkylation sites (N-methyl/N-ethyl adjacent to an activating group) is 1. The molecule has 0 bridgehead atoms. The highest BCUT2D eigenvalue weighted by molar-refractivity contribution is 7.89. The van der Waals surface area contributed by atoms with Crippen LogP contribution in [-0.4, -0.2) is 46.6 Å².